The summed E-state index contributed by atoms with van der Waals surface area (Å²) in [6.07, 6.45) is 6.79. The molecule has 2 aliphatic rings. The first-order valence-electron chi connectivity index (χ1n) is 6.93. The van der Waals surface area contributed by atoms with E-state index in [0.717, 1.165) is 45.1 Å². The Kier molecular flexibility index (Phi) is 4.22. The third kappa shape index (κ3) is 2.83. The fourth-order valence-corrected chi connectivity index (χ4v) is 2.96. The lowest BCUT2D eigenvalue weighted by molar-refractivity contribution is -0.148. The van der Waals surface area contributed by atoms with Gasteiger partial charge in [0.1, 0.15) is 5.54 Å². The number of hydrogen-bond donors (Lipinski definition) is 3. The van der Waals surface area contributed by atoms with E-state index in [4.69, 9.17) is 0 Å². The van der Waals surface area contributed by atoms with Crippen molar-refractivity contribution >= 4 is 11.9 Å². The van der Waals surface area contributed by atoms with Gasteiger partial charge in [-0.25, -0.2) is 4.79 Å². The molecule has 1 heterocycles. The molecule has 0 bridgehead atoms. The molecule has 1 amide bonds. The summed E-state index contributed by atoms with van der Waals surface area (Å²) < 4.78 is 0. The molecule has 2 fully saturated rings. The highest BCUT2D eigenvalue weighted by molar-refractivity contribution is 5.89. The molecule has 3 N–H and O–H groups in total. The summed E-state index contributed by atoms with van der Waals surface area (Å²) in [5, 5.41) is 15.4. The van der Waals surface area contributed by atoms with E-state index >= 15 is 0 Å². The molecule has 18 heavy (non-hydrogen) atoms. The molecule has 1 saturated carbocycles. The van der Waals surface area contributed by atoms with Gasteiger partial charge in [0.25, 0.3) is 0 Å². The van der Waals surface area contributed by atoms with Gasteiger partial charge in [0.15, 0.2) is 0 Å². The minimum Gasteiger partial charge on any atom is -0.480 e. The van der Waals surface area contributed by atoms with E-state index in [2.05, 4.69) is 10.6 Å². The number of aliphatic carboxylic acids is 1. The monoisotopic (exact) mass is 254 g/mol. The van der Waals surface area contributed by atoms with Crippen molar-refractivity contribution in [1.82, 2.24) is 10.6 Å². The number of carbonyl (C=O) groups is 2. The van der Waals surface area contributed by atoms with Crippen molar-refractivity contribution in [1.29, 1.82) is 0 Å². The third-order valence-electron chi connectivity index (χ3n) is 4.11. The zero-order chi connectivity index (χ0) is 13.0. The Bertz CT molecular complexity index is 316. The maximum atomic E-state index is 12.1. The van der Waals surface area contributed by atoms with Gasteiger partial charge in [0.05, 0.1) is 6.04 Å². The topological polar surface area (TPSA) is 78.4 Å². The first kappa shape index (κ1) is 13.3. The lowest BCUT2D eigenvalue weighted by atomic mass is 9.89. The third-order valence-corrected chi connectivity index (χ3v) is 4.11. The highest BCUT2D eigenvalue weighted by Gasteiger charge is 2.41. The molecule has 0 spiro atoms. The lowest BCUT2D eigenvalue weighted by Crippen LogP contribution is -2.57. The molecular weight excluding hydrogens is 232 g/mol. The van der Waals surface area contributed by atoms with E-state index < -0.39 is 11.5 Å². The summed E-state index contributed by atoms with van der Waals surface area (Å²) >= 11 is 0. The van der Waals surface area contributed by atoms with Crippen molar-refractivity contribution in [3.8, 4) is 0 Å². The summed E-state index contributed by atoms with van der Waals surface area (Å²) in [5.74, 6) is -1.02. The van der Waals surface area contributed by atoms with Crippen molar-refractivity contribution in [2.45, 2.75) is 62.9 Å². The second-order valence-corrected chi connectivity index (χ2v) is 5.44. The fourth-order valence-electron chi connectivity index (χ4n) is 2.96. The van der Waals surface area contributed by atoms with Gasteiger partial charge in [-0.1, -0.05) is 25.7 Å². The first-order chi connectivity index (χ1) is 8.64. The Hall–Kier alpha value is -1.10. The summed E-state index contributed by atoms with van der Waals surface area (Å²) in [7, 11) is 0. The number of carboxylic acids is 1. The minimum absolute atomic E-state index is 0.142. The van der Waals surface area contributed by atoms with Crippen LogP contribution in [-0.2, 0) is 9.59 Å². The quantitative estimate of drug-likeness (QED) is 0.657. The van der Waals surface area contributed by atoms with Crippen molar-refractivity contribution < 1.29 is 14.7 Å². The number of rotatable bonds is 3. The van der Waals surface area contributed by atoms with Gasteiger partial charge in [-0.2, -0.15) is 0 Å². The summed E-state index contributed by atoms with van der Waals surface area (Å²) in [6.45, 7) is 0.845. The van der Waals surface area contributed by atoms with E-state index in [0.29, 0.717) is 12.8 Å². The van der Waals surface area contributed by atoms with E-state index in [1.165, 1.54) is 0 Å². The van der Waals surface area contributed by atoms with Crippen LogP contribution < -0.4 is 10.6 Å². The van der Waals surface area contributed by atoms with Crippen LogP contribution in [-0.4, -0.2) is 35.1 Å². The lowest BCUT2D eigenvalue weighted by Gasteiger charge is -2.30. The molecule has 1 atom stereocenters. The number of nitrogens with one attached hydrogen (secondary N) is 2. The molecular formula is C13H22N2O3. The Balaban J connectivity index is 2.04. The molecule has 0 aromatic rings. The predicted molar refractivity (Wildman–Crippen MR) is 67.2 cm³/mol. The SMILES string of the molecule is O=C(NC1(C(=O)O)CCCCCC1)C1CCCN1. The molecule has 5 heteroatoms. The average Bonchev–Trinajstić information content (AvgIpc) is 2.77. The number of carboxylic acid groups (broad SMARTS) is 1. The highest BCUT2D eigenvalue weighted by atomic mass is 16.4. The molecule has 5 nitrogen and oxygen atoms in total. The van der Waals surface area contributed by atoms with Gasteiger partial charge >= 0.3 is 5.97 Å². The van der Waals surface area contributed by atoms with Crippen LogP contribution in [0.25, 0.3) is 0 Å². The van der Waals surface area contributed by atoms with Crippen LogP contribution in [0.2, 0.25) is 0 Å². The number of carbonyl (C=O) groups excluding carboxylic acids is 1. The molecule has 1 aliphatic heterocycles. The van der Waals surface area contributed by atoms with Gasteiger partial charge in [-0.3, -0.25) is 4.79 Å². The normalized spacial score (nSPS) is 27.4. The Morgan fingerprint density at radius 1 is 1.11 bits per heavy atom. The molecule has 0 aromatic carbocycles. The second-order valence-electron chi connectivity index (χ2n) is 5.44. The van der Waals surface area contributed by atoms with Crippen LogP contribution >= 0.6 is 0 Å². The van der Waals surface area contributed by atoms with Crippen molar-refractivity contribution in [2.75, 3.05) is 6.54 Å². The van der Waals surface area contributed by atoms with Crippen molar-refractivity contribution in [3.05, 3.63) is 0 Å². The second kappa shape index (κ2) is 5.69. The van der Waals surface area contributed by atoms with Gasteiger partial charge < -0.3 is 15.7 Å². The molecule has 0 radical (unpaired) electrons. The predicted octanol–water partition coefficient (Wildman–Crippen LogP) is 1.03. The van der Waals surface area contributed by atoms with Crippen LogP contribution in [0.15, 0.2) is 0 Å². The van der Waals surface area contributed by atoms with Gasteiger partial charge in [-0.05, 0) is 32.2 Å². The van der Waals surface area contributed by atoms with Crippen LogP contribution in [0.3, 0.4) is 0 Å². The summed E-state index contributed by atoms with van der Waals surface area (Å²) in [4.78, 5) is 23.6. The van der Waals surface area contributed by atoms with E-state index in [1.807, 2.05) is 0 Å². The van der Waals surface area contributed by atoms with E-state index in [9.17, 15) is 14.7 Å². The number of amides is 1. The number of hydrogen-bond acceptors (Lipinski definition) is 3. The largest absolute Gasteiger partial charge is 0.480 e. The Morgan fingerprint density at radius 3 is 2.28 bits per heavy atom. The van der Waals surface area contributed by atoms with Gasteiger partial charge in [0, 0.05) is 0 Å². The molecule has 102 valence electrons. The van der Waals surface area contributed by atoms with Crippen molar-refractivity contribution in [3.63, 3.8) is 0 Å². The Morgan fingerprint density at radius 2 is 1.78 bits per heavy atom. The molecule has 2 rings (SSSR count). The summed E-state index contributed by atoms with van der Waals surface area (Å²) in [6, 6.07) is -0.204. The van der Waals surface area contributed by atoms with Crippen LogP contribution in [0.5, 0.6) is 0 Å². The van der Waals surface area contributed by atoms with E-state index in [1.54, 1.807) is 0 Å². The van der Waals surface area contributed by atoms with Gasteiger partial charge in [0.2, 0.25) is 5.91 Å². The van der Waals surface area contributed by atoms with Gasteiger partial charge in [-0.15, -0.1) is 0 Å². The molecule has 1 unspecified atom stereocenters. The van der Waals surface area contributed by atoms with Crippen molar-refractivity contribution in [2.24, 2.45) is 0 Å². The zero-order valence-electron chi connectivity index (χ0n) is 10.7. The van der Waals surface area contributed by atoms with E-state index in [-0.39, 0.29) is 11.9 Å². The maximum absolute atomic E-state index is 12.1. The first-order valence-corrected chi connectivity index (χ1v) is 6.93. The Labute approximate surface area is 107 Å². The molecule has 1 saturated heterocycles. The van der Waals surface area contributed by atoms with Crippen LogP contribution in [0, 0.1) is 0 Å². The fraction of sp³-hybridized carbons (Fsp3) is 0.846. The highest BCUT2D eigenvalue weighted by Crippen LogP contribution is 2.27. The minimum atomic E-state index is -1.03. The zero-order valence-corrected chi connectivity index (χ0v) is 10.7. The average molecular weight is 254 g/mol. The van der Waals surface area contributed by atoms with Crippen LogP contribution in [0.4, 0.5) is 0 Å². The molecule has 0 aromatic heterocycles. The molecule has 1 aliphatic carbocycles. The summed E-state index contributed by atoms with van der Waals surface area (Å²) in [5.41, 5.74) is -1.03. The smallest absolute Gasteiger partial charge is 0.329 e. The standard InChI is InChI=1S/C13H22N2O3/c16-11(10-6-5-9-14-10)15-13(12(17)18)7-3-1-2-4-8-13/h10,14H,1-9H2,(H,15,16)(H,17,18). The van der Waals surface area contributed by atoms with Crippen LogP contribution in [0.1, 0.15) is 51.4 Å². The maximum Gasteiger partial charge on any atom is 0.329 e.